The van der Waals surface area contributed by atoms with E-state index in [-0.39, 0.29) is 6.04 Å². The number of nitrogens with one attached hydrogen (secondary N) is 1. The molecule has 19 heavy (non-hydrogen) atoms. The van der Waals surface area contributed by atoms with Gasteiger partial charge in [0.15, 0.2) is 0 Å². The monoisotopic (exact) mass is 292 g/mol. The highest BCUT2D eigenvalue weighted by Gasteiger charge is 2.16. The zero-order valence-electron chi connectivity index (χ0n) is 11.8. The van der Waals surface area contributed by atoms with Gasteiger partial charge in [0, 0.05) is 10.3 Å². The van der Waals surface area contributed by atoms with Gasteiger partial charge in [-0.3, -0.25) is 0 Å². The summed E-state index contributed by atoms with van der Waals surface area (Å²) < 4.78 is 0. The summed E-state index contributed by atoms with van der Waals surface area (Å²) in [5.41, 5.74) is 2.45. The third kappa shape index (κ3) is 3.38. The molecule has 0 amide bonds. The Kier molecular flexibility index (Phi) is 5.02. The van der Waals surface area contributed by atoms with Gasteiger partial charge in [-0.05, 0) is 36.9 Å². The molecule has 0 aliphatic heterocycles. The lowest BCUT2D eigenvalue weighted by molar-refractivity contribution is 0.678. The quantitative estimate of drug-likeness (QED) is 0.832. The summed E-state index contributed by atoms with van der Waals surface area (Å²) in [4.78, 5) is 6.04. The van der Waals surface area contributed by atoms with Crippen LogP contribution in [-0.2, 0) is 0 Å². The fourth-order valence-electron chi connectivity index (χ4n) is 1.93. The molecule has 1 aromatic heterocycles. The Morgan fingerprint density at radius 1 is 1.21 bits per heavy atom. The van der Waals surface area contributed by atoms with Gasteiger partial charge in [0.25, 0.3) is 0 Å². The van der Waals surface area contributed by atoms with E-state index in [9.17, 15) is 0 Å². The third-order valence-corrected chi connectivity index (χ3v) is 4.79. The number of nitrogens with zero attached hydrogens (tertiary/aromatic N) is 1. The number of thiazole rings is 1. The molecule has 4 heteroatoms. The molecule has 0 fully saturated rings. The van der Waals surface area contributed by atoms with E-state index in [0.717, 1.165) is 5.01 Å². The molecule has 2 nitrogen and oxygen atoms in total. The number of aromatic nitrogens is 1. The highest BCUT2D eigenvalue weighted by atomic mass is 32.2. The van der Waals surface area contributed by atoms with E-state index in [1.807, 2.05) is 7.05 Å². The molecule has 102 valence electrons. The van der Waals surface area contributed by atoms with Crippen LogP contribution in [0.15, 0.2) is 34.5 Å². The minimum atomic E-state index is 0.188. The molecular formula is C15H20N2S2. The van der Waals surface area contributed by atoms with Gasteiger partial charge in [-0.15, -0.1) is 23.1 Å². The van der Waals surface area contributed by atoms with Crippen LogP contribution in [0.25, 0.3) is 0 Å². The van der Waals surface area contributed by atoms with Gasteiger partial charge in [0.1, 0.15) is 5.01 Å². The van der Waals surface area contributed by atoms with Crippen molar-refractivity contribution in [2.24, 2.45) is 0 Å². The summed E-state index contributed by atoms with van der Waals surface area (Å²) in [5, 5.41) is 6.67. The molecule has 0 spiro atoms. The highest BCUT2D eigenvalue weighted by Crippen LogP contribution is 2.28. The minimum Gasteiger partial charge on any atom is -0.307 e. The first-order valence-corrected chi connectivity index (χ1v) is 8.52. The van der Waals surface area contributed by atoms with Crippen LogP contribution in [0.3, 0.4) is 0 Å². The summed E-state index contributed by atoms with van der Waals surface area (Å²) in [6.07, 6.45) is 2.10. The molecule has 2 rings (SSSR count). The predicted octanol–water partition coefficient (Wildman–Crippen LogP) is 4.30. The van der Waals surface area contributed by atoms with Crippen LogP contribution in [0.4, 0.5) is 0 Å². The maximum absolute atomic E-state index is 4.75. The van der Waals surface area contributed by atoms with Crippen molar-refractivity contribution in [3.8, 4) is 0 Å². The molecule has 0 saturated carbocycles. The van der Waals surface area contributed by atoms with E-state index in [1.165, 1.54) is 16.2 Å². The van der Waals surface area contributed by atoms with E-state index in [1.54, 1.807) is 23.1 Å². The van der Waals surface area contributed by atoms with Crippen molar-refractivity contribution in [2.75, 3.05) is 13.3 Å². The highest BCUT2D eigenvalue weighted by molar-refractivity contribution is 7.98. The van der Waals surface area contributed by atoms with E-state index < -0.39 is 0 Å². The number of thioether (sulfide) groups is 1. The molecule has 0 radical (unpaired) electrons. The topological polar surface area (TPSA) is 24.9 Å². The molecule has 1 N–H and O–H groups in total. The van der Waals surface area contributed by atoms with E-state index in [2.05, 4.69) is 55.1 Å². The van der Waals surface area contributed by atoms with Gasteiger partial charge in [-0.25, -0.2) is 4.98 Å². The van der Waals surface area contributed by atoms with Crippen molar-refractivity contribution in [3.63, 3.8) is 0 Å². The summed E-state index contributed by atoms with van der Waals surface area (Å²) in [6, 6.07) is 8.89. The number of rotatable bonds is 5. The Morgan fingerprint density at radius 2 is 1.89 bits per heavy atom. The van der Waals surface area contributed by atoms with Crippen LogP contribution in [0, 0.1) is 0 Å². The van der Waals surface area contributed by atoms with Crippen molar-refractivity contribution >= 4 is 23.1 Å². The van der Waals surface area contributed by atoms with Gasteiger partial charge in [-0.1, -0.05) is 26.0 Å². The van der Waals surface area contributed by atoms with Crippen LogP contribution < -0.4 is 5.32 Å². The number of hydrogen-bond donors (Lipinski definition) is 1. The van der Waals surface area contributed by atoms with E-state index >= 15 is 0 Å². The van der Waals surface area contributed by atoms with Crippen LogP contribution >= 0.6 is 23.1 Å². The Labute approximate surface area is 123 Å². The van der Waals surface area contributed by atoms with Crippen LogP contribution in [0.1, 0.15) is 42.1 Å². The lowest BCUT2D eigenvalue weighted by atomic mass is 10.1. The lowest BCUT2D eigenvalue weighted by Crippen LogP contribution is -2.17. The summed E-state index contributed by atoms with van der Waals surface area (Å²) >= 11 is 3.50. The molecular weight excluding hydrogens is 272 g/mol. The maximum atomic E-state index is 4.75. The summed E-state index contributed by atoms with van der Waals surface area (Å²) in [7, 11) is 1.99. The predicted molar refractivity (Wildman–Crippen MR) is 85.3 cm³/mol. The SMILES string of the molecule is CNC(c1ccc(SC)cc1)c1nc(C(C)C)cs1. The second-order valence-electron chi connectivity index (χ2n) is 4.76. The smallest absolute Gasteiger partial charge is 0.114 e. The molecule has 0 aliphatic carbocycles. The summed E-state index contributed by atoms with van der Waals surface area (Å²) in [6.45, 7) is 4.36. The van der Waals surface area contributed by atoms with Gasteiger partial charge < -0.3 is 5.32 Å². The van der Waals surface area contributed by atoms with Crippen molar-refractivity contribution in [2.45, 2.75) is 30.7 Å². The zero-order chi connectivity index (χ0) is 13.8. The van der Waals surface area contributed by atoms with Crippen molar-refractivity contribution < 1.29 is 0 Å². The molecule has 0 bridgehead atoms. The van der Waals surface area contributed by atoms with Gasteiger partial charge in [-0.2, -0.15) is 0 Å². The first-order chi connectivity index (χ1) is 9.15. The summed E-state index contributed by atoms with van der Waals surface area (Å²) in [5.74, 6) is 0.487. The largest absolute Gasteiger partial charge is 0.307 e. The normalized spacial score (nSPS) is 12.9. The van der Waals surface area contributed by atoms with E-state index in [4.69, 9.17) is 4.98 Å². The molecule has 2 aromatic rings. The molecule has 1 unspecified atom stereocenters. The third-order valence-electron chi connectivity index (χ3n) is 3.12. The molecule has 1 heterocycles. The lowest BCUT2D eigenvalue weighted by Gasteiger charge is -2.14. The van der Waals surface area contributed by atoms with Crippen LogP contribution in [-0.4, -0.2) is 18.3 Å². The van der Waals surface area contributed by atoms with Crippen LogP contribution in [0.5, 0.6) is 0 Å². The molecule has 0 saturated heterocycles. The average molecular weight is 292 g/mol. The van der Waals surface area contributed by atoms with Crippen molar-refractivity contribution in [1.82, 2.24) is 10.3 Å². The Balaban J connectivity index is 2.26. The molecule has 0 aliphatic rings. The van der Waals surface area contributed by atoms with E-state index in [0.29, 0.717) is 5.92 Å². The standard InChI is InChI=1S/C15H20N2S2/c1-10(2)13-9-19-15(17-13)14(16-3)11-5-7-12(18-4)8-6-11/h5-10,14,16H,1-4H3. The van der Waals surface area contributed by atoms with Crippen molar-refractivity contribution in [1.29, 1.82) is 0 Å². The van der Waals surface area contributed by atoms with Gasteiger partial charge in [0.2, 0.25) is 0 Å². The maximum Gasteiger partial charge on any atom is 0.114 e. The first kappa shape index (κ1) is 14.6. The first-order valence-electron chi connectivity index (χ1n) is 6.42. The minimum absolute atomic E-state index is 0.188. The average Bonchev–Trinajstić information content (AvgIpc) is 2.90. The Morgan fingerprint density at radius 3 is 2.37 bits per heavy atom. The fraction of sp³-hybridized carbons (Fsp3) is 0.400. The van der Waals surface area contributed by atoms with Crippen molar-refractivity contribution in [3.05, 3.63) is 45.9 Å². The Bertz CT molecular complexity index is 517. The second kappa shape index (κ2) is 6.55. The second-order valence-corrected chi connectivity index (χ2v) is 6.53. The number of hydrogen-bond acceptors (Lipinski definition) is 4. The number of benzene rings is 1. The van der Waals surface area contributed by atoms with Gasteiger partial charge >= 0.3 is 0 Å². The Hall–Kier alpha value is -0.840. The fourth-order valence-corrected chi connectivity index (χ4v) is 3.45. The van der Waals surface area contributed by atoms with Gasteiger partial charge in [0.05, 0.1) is 11.7 Å². The zero-order valence-corrected chi connectivity index (χ0v) is 13.4. The van der Waals surface area contributed by atoms with Crippen LogP contribution in [0.2, 0.25) is 0 Å². The molecule has 1 aromatic carbocycles. The molecule has 1 atom stereocenters.